The van der Waals surface area contributed by atoms with E-state index in [1.807, 2.05) is 37.3 Å². The van der Waals surface area contributed by atoms with Crippen molar-refractivity contribution in [1.29, 1.82) is 5.26 Å². The van der Waals surface area contributed by atoms with Crippen LogP contribution in [0.5, 0.6) is 0 Å². The molecule has 2 heterocycles. The lowest BCUT2D eigenvalue weighted by molar-refractivity contribution is 0.385. The largest absolute Gasteiger partial charge is 0.339 e. The number of nitriles is 1. The average molecular weight is 276 g/mol. The van der Waals surface area contributed by atoms with Crippen LogP contribution in [0.15, 0.2) is 47.0 Å². The van der Waals surface area contributed by atoms with Crippen molar-refractivity contribution in [2.45, 2.75) is 13.3 Å². The van der Waals surface area contributed by atoms with Crippen LogP contribution in [0.25, 0.3) is 11.5 Å². The van der Waals surface area contributed by atoms with Crippen LogP contribution >= 0.6 is 0 Å². The molecule has 0 unspecified atom stereocenters. The summed E-state index contributed by atoms with van der Waals surface area (Å²) in [5, 5.41) is 12.7. The van der Waals surface area contributed by atoms with E-state index in [0.717, 1.165) is 11.3 Å². The van der Waals surface area contributed by atoms with E-state index in [4.69, 9.17) is 9.78 Å². The lowest BCUT2D eigenvalue weighted by Crippen LogP contribution is -1.90. The first-order valence-corrected chi connectivity index (χ1v) is 6.50. The van der Waals surface area contributed by atoms with E-state index in [0.29, 0.717) is 29.4 Å². The second kappa shape index (κ2) is 5.55. The monoisotopic (exact) mass is 276 g/mol. The van der Waals surface area contributed by atoms with Gasteiger partial charge in [-0.05, 0) is 36.8 Å². The number of hydrogen-bond acceptors (Lipinski definition) is 5. The highest BCUT2D eigenvalue weighted by atomic mass is 16.5. The molecule has 0 aliphatic rings. The van der Waals surface area contributed by atoms with Crippen LogP contribution in [0, 0.1) is 18.3 Å². The van der Waals surface area contributed by atoms with Crippen molar-refractivity contribution in [3.63, 3.8) is 0 Å². The van der Waals surface area contributed by atoms with Crippen molar-refractivity contribution < 1.29 is 4.52 Å². The number of hydrogen-bond donors (Lipinski definition) is 0. The van der Waals surface area contributed by atoms with Gasteiger partial charge in [-0.25, -0.2) is 4.98 Å². The van der Waals surface area contributed by atoms with E-state index < -0.39 is 0 Å². The molecule has 0 saturated heterocycles. The Morgan fingerprint density at radius 1 is 1.10 bits per heavy atom. The highest BCUT2D eigenvalue weighted by Gasteiger charge is 2.10. The van der Waals surface area contributed by atoms with E-state index in [2.05, 4.69) is 21.2 Å². The molecular weight excluding hydrogens is 264 g/mol. The topological polar surface area (TPSA) is 75.6 Å². The summed E-state index contributed by atoms with van der Waals surface area (Å²) in [5.74, 6) is 1.01. The smallest absolute Gasteiger partial charge is 0.231 e. The molecule has 0 aliphatic heterocycles. The Morgan fingerprint density at radius 2 is 1.90 bits per heavy atom. The predicted molar refractivity (Wildman–Crippen MR) is 76.2 cm³/mol. The molecule has 21 heavy (non-hydrogen) atoms. The first-order chi connectivity index (χ1) is 10.2. The van der Waals surface area contributed by atoms with Crippen LogP contribution in [0.1, 0.15) is 22.7 Å². The Bertz CT molecular complexity index is 800. The molecule has 102 valence electrons. The Morgan fingerprint density at radius 3 is 2.62 bits per heavy atom. The molecule has 0 bridgehead atoms. The van der Waals surface area contributed by atoms with Crippen LogP contribution in [0.2, 0.25) is 0 Å². The molecule has 3 rings (SSSR count). The van der Waals surface area contributed by atoms with E-state index >= 15 is 0 Å². The number of benzene rings is 1. The maximum atomic E-state index is 8.77. The molecule has 0 spiro atoms. The van der Waals surface area contributed by atoms with E-state index in [1.165, 1.54) is 0 Å². The Kier molecular flexibility index (Phi) is 3.44. The van der Waals surface area contributed by atoms with Gasteiger partial charge in [-0.15, -0.1) is 0 Å². The average Bonchev–Trinajstić information content (AvgIpc) is 2.97. The number of aryl methyl sites for hydroxylation is 1. The summed E-state index contributed by atoms with van der Waals surface area (Å²) in [5.41, 5.74) is 3.26. The van der Waals surface area contributed by atoms with Crippen molar-refractivity contribution >= 4 is 0 Å². The number of pyridine rings is 1. The molecule has 2 aromatic heterocycles. The minimum Gasteiger partial charge on any atom is -0.339 e. The van der Waals surface area contributed by atoms with Gasteiger partial charge in [-0.2, -0.15) is 10.2 Å². The van der Waals surface area contributed by atoms with E-state index in [9.17, 15) is 0 Å². The summed E-state index contributed by atoms with van der Waals surface area (Å²) in [6.45, 7) is 1.92. The van der Waals surface area contributed by atoms with Gasteiger partial charge < -0.3 is 4.52 Å². The van der Waals surface area contributed by atoms with Crippen LogP contribution < -0.4 is 0 Å². The van der Waals surface area contributed by atoms with Crippen LogP contribution in [0.4, 0.5) is 0 Å². The van der Waals surface area contributed by atoms with E-state index in [1.54, 1.807) is 12.1 Å². The quantitative estimate of drug-likeness (QED) is 0.735. The Labute approximate surface area is 121 Å². The second-order valence-electron chi connectivity index (χ2n) is 4.66. The molecule has 0 aliphatic carbocycles. The molecule has 0 amide bonds. The molecular formula is C16H12N4O. The van der Waals surface area contributed by atoms with Crippen LogP contribution in [-0.2, 0) is 6.42 Å². The maximum Gasteiger partial charge on any atom is 0.231 e. The van der Waals surface area contributed by atoms with Gasteiger partial charge in [0.25, 0.3) is 0 Å². The summed E-state index contributed by atoms with van der Waals surface area (Å²) >= 11 is 0. The molecule has 3 aromatic rings. The van der Waals surface area contributed by atoms with Gasteiger partial charge in [-0.1, -0.05) is 23.4 Å². The molecule has 0 N–H and O–H groups in total. The Balaban J connectivity index is 1.80. The fourth-order valence-electron chi connectivity index (χ4n) is 1.97. The summed E-state index contributed by atoms with van der Waals surface area (Å²) in [6.07, 6.45) is 0.532. The number of rotatable bonds is 3. The highest BCUT2D eigenvalue weighted by Crippen LogP contribution is 2.15. The van der Waals surface area contributed by atoms with Gasteiger partial charge >= 0.3 is 0 Å². The minimum absolute atomic E-state index is 0.488. The minimum atomic E-state index is 0.488. The normalized spacial score (nSPS) is 10.3. The molecule has 0 radical (unpaired) electrons. The molecule has 0 saturated carbocycles. The van der Waals surface area contributed by atoms with E-state index in [-0.39, 0.29) is 0 Å². The lowest BCUT2D eigenvalue weighted by Gasteiger charge is -1.96. The summed E-state index contributed by atoms with van der Waals surface area (Å²) in [7, 11) is 0. The fraction of sp³-hybridized carbons (Fsp3) is 0.125. The van der Waals surface area contributed by atoms with Gasteiger partial charge in [0.2, 0.25) is 11.7 Å². The second-order valence-corrected chi connectivity index (χ2v) is 4.66. The van der Waals surface area contributed by atoms with Gasteiger partial charge in [-0.3, -0.25) is 0 Å². The van der Waals surface area contributed by atoms with Crippen molar-refractivity contribution in [2.75, 3.05) is 0 Å². The predicted octanol–water partition coefficient (Wildman–Crippen LogP) is 2.90. The van der Waals surface area contributed by atoms with Gasteiger partial charge in [0.15, 0.2) is 0 Å². The zero-order valence-corrected chi connectivity index (χ0v) is 11.4. The lowest BCUT2D eigenvalue weighted by atomic mass is 10.1. The third-order valence-corrected chi connectivity index (χ3v) is 3.02. The highest BCUT2D eigenvalue weighted by molar-refractivity contribution is 5.48. The standard InChI is InChI=1S/C16H12N4O/c1-11-3-2-4-14(18-11)16-19-15(21-20-16)9-12-5-7-13(10-17)8-6-12/h2-8H,9H2,1H3. The molecule has 0 atom stereocenters. The molecule has 1 aromatic carbocycles. The summed E-state index contributed by atoms with van der Waals surface area (Å²) in [6, 6.07) is 15.1. The van der Waals surface area contributed by atoms with Crippen molar-refractivity contribution in [3.8, 4) is 17.6 Å². The third kappa shape index (κ3) is 2.95. The van der Waals surface area contributed by atoms with Crippen LogP contribution in [-0.4, -0.2) is 15.1 Å². The van der Waals surface area contributed by atoms with Crippen molar-refractivity contribution in [3.05, 3.63) is 65.2 Å². The first kappa shape index (κ1) is 13.0. The van der Waals surface area contributed by atoms with Crippen molar-refractivity contribution in [2.24, 2.45) is 0 Å². The fourth-order valence-corrected chi connectivity index (χ4v) is 1.97. The zero-order valence-electron chi connectivity index (χ0n) is 11.4. The molecule has 5 nitrogen and oxygen atoms in total. The van der Waals surface area contributed by atoms with Crippen LogP contribution in [0.3, 0.4) is 0 Å². The Hall–Kier alpha value is -3.00. The van der Waals surface area contributed by atoms with Gasteiger partial charge in [0.05, 0.1) is 18.1 Å². The number of nitrogens with zero attached hydrogens (tertiary/aromatic N) is 4. The SMILES string of the molecule is Cc1cccc(-c2noc(Cc3ccc(C#N)cc3)n2)n1. The summed E-state index contributed by atoms with van der Waals surface area (Å²) < 4.78 is 5.25. The third-order valence-electron chi connectivity index (χ3n) is 3.02. The van der Waals surface area contributed by atoms with Gasteiger partial charge in [0.1, 0.15) is 5.69 Å². The summed E-state index contributed by atoms with van der Waals surface area (Å²) in [4.78, 5) is 8.72. The first-order valence-electron chi connectivity index (χ1n) is 6.50. The van der Waals surface area contributed by atoms with Gasteiger partial charge in [0, 0.05) is 5.69 Å². The van der Waals surface area contributed by atoms with Crippen molar-refractivity contribution in [1.82, 2.24) is 15.1 Å². The number of aromatic nitrogens is 3. The molecule has 5 heteroatoms. The zero-order chi connectivity index (χ0) is 14.7. The maximum absolute atomic E-state index is 8.77. The molecule has 0 fully saturated rings.